The Morgan fingerprint density at radius 3 is 2.73 bits per heavy atom. The molecule has 0 aliphatic carbocycles. The molecule has 2 aliphatic heterocycles. The van der Waals surface area contributed by atoms with E-state index in [0.29, 0.717) is 37.3 Å². The van der Waals surface area contributed by atoms with E-state index in [1.165, 1.54) is 10.4 Å². The number of halogens is 1. The number of nitriles is 1. The van der Waals surface area contributed by atoms with Crippen LogP contribution in [-0.2, 0) is 14.8 Å². The predicted octanol–water partition coefficient (Wildman–Crippen LogP) is 0.873. The van der Waals surface area contributed by atoms with Gasteiger partial charge in [-0.15, -0.1) is 12.4 Å². The SMILES string of the molecule is Cc1cc(S(=O)(=O)N2CCCC(N3CCNCC3=O)C2)ccc1C#N.Cl. The fourth-order valence-corrected chi connectivity index (χ4v) is 5.07. The quantitative estimate of drug-likeness (QED) is 0.815. The molecule has 142 valence electrons. The largest absolute Gasteiger partial charge is 0.336 e. The standard InChI is InChI=1S/C17H22N4O3S.ClH/c1-13-9-16(5-4-14(13)10-18)25(23,24)20-7-2-3-15(12-20)21-8-6-19-11-17(21)22;/h4-5,9,15,19H,2-3,6-8,11-12H2,1H3;1H. The molecule has 0 aromatic heterocycles. The third-order valence-electron chi connectivity index (χ3n) is 4.88. The second-order valence-corrected chi connectivity index (χ2v) is 8.45. The molecule has 0 radical (unpaired) electrons. The third kappa shape index (κ3) is 4.01. The number of sulfonamides is 1. The summed E-state index contributed by atoms with van der Waals surface area (Å²) in [4.78, 5) is 14.1. The van der Waals surface area contributed by atoms with Crippen molar-refractivity contribution in [2.45, 2.75) is 30.7 Å². The fourth-order valence-electron chi connectivity index (χ4n) is 3.47. The minimum absolute atomic E-state index is 0. The lowest BCUT2D eigenvalue weighted by molar-refractivity contribution is -0.135. The van der Waals surface area contributed by atoms with Gasteiger partial charge in [-0.2, -0.15) is 9.57 Å². The van der Waals surface area contributed by atoms with Crippen molar-refractivity contribution in [3.8, 4) is 6.07 Å². The van der Waals surface area contributed by atoms with Crippen molar-refractivity contribution >= 4 is 28.3 Å². The highest BCUT2D eigenvalue weighted by Crippen LogP contribution is 2.25. The zero-order valence-electron chi connectivity index (χ0n) is 14.6. The van der Waals surface area contributed by atoms with Crippen molar-refractivity contribution < 1.29 is 13.2 Å². The molecule has 2 aliphatic rings. The zero-order chi connectivity index (χ0) is 18.0. The molecule has 0 spiro atoms. The van der Waals surface area contributed by atoms with Gasteiger partial charge < -0.3 is 10.2 Å². The smallest absolute Gasteiger partial charge is 0.243 e. The molecule has 0 saturated carbocycles. The minimum atomic E-state index is -3.63. The molecule has 2 heterocycles. The number of piperazine rings is 1. The average Bonchev–Trinajstić information content (AvgIpc) is 2.62. The Balaban J connectivity index is 0.00000243. The van der Waals surface area contributed by atoms with Crippen LogP contribution in [0.5, 0.6) is 0 Å². The van der Waals surface area contributed by atoms with Gasteiger partial charge >= 0.3 is 0 Å². The molecular weight excluding hydrogens is 376 g/mol. The van der Waals surface area contributed by atoms with Gasteiger partial charge in [-0.3, -0.25) is 4.79 Å². The first-order valence-electron chi connectivity index (χ1n) is 8.44. The second-order valence-electron chi connectivity index (χ2n) is 6.51. The van der Waals surface area contributed by atoms with E-state index in [1.807, 2.05) is 11.0 Å². The van der Waals surface area contributed by atoms with Gasteiger partial charge in [-0.1, -0.05) is 0 Å². The maximum Gasteiger partial charge on any atom is 0.243 e. The molecule has 9 heteroatoms. The molecular formula is C17H23ClN4O3S. The van der Waals surface area contributed by atoms with E-state index < -0.39 is 10.0 Å². The van der Waals surface area contributed by atoms with Crippen LogP contribution < -0.4 is 5.32 Å². The van der Waals surface area contributed by atoms with Crippen LogP contribution in [0, 0.1) is 18.3 Å². The topological polar surface area (TPSA) is 93.5 Å². The van der Waals surface area contributed by atoms with Crippen LogP contribution >= 0.6 is 12.4 Å². The number of benzene rings is 1. The maximum absolute atomic E-state index is 13.0. The van der Waals surface area contributed by atoms with E-state index in [0.717, 1.165) is 19.4 Å². The van der Waals surface area contributed by atoms with E-state index in [1.54, 1.807) is 19.1 Å². The summed E-state index contributed by atoms with van der Waals surface area (Å²) in [5.74, 6) is 0.0321. The highest BCUT2D eigenvalue weighted by atomic mass is 35.5. The lowest BCUT2D eigenvalue weighted by Gasteiger charge is -2.40. The number of piperidine rings is 1. The molecule has 0 bridgehead atoms. The van der Waals surface area contributed by atoms with Crippen molar-refractivity contribution in [2.75, 3.05) is 32.7 Å². The fraction of sp³-hybridized carbons (Fsp3) is 0.529. The van der Waals surface area contributed by atoms with Crippen LogP contribution in [0.3, 0.4) is 0 Å². The van der Waals surface area contributed by atoms with Crippen LogP contribution in [0.15, 0.2) is 23.1 Å². The molecule has 7 nitrogen and oxygen atoms in total. The summed E-state index contributed by atoms with van der Waals surface area (Å²) >= 11 is 0. The van der Waals surface area contributed by atoms with E-state index in [2.05, 4.69) is 5.32 Å². The summed E-state index contributed by atoms with van der Waals surface area (Å²) in [7, 11) is -3.63. The Morgan fingerprint density at radius 1 is 1.31 bits per heavy atom. The first-order valence-corrected chi connectivity index (χ1v) is 9.88. The Kier molecular flexibility index (Phi) is 6.64. The van der Waals surface area contributed by atoms with Gasteiger partial charge in [-0.05, 0) is 43.5 Å². The summed E-state index contributed by atoms with van der Waals surface area (Å²) in [5, 5.41) is 12.1. The predicted molar refractivity (Wildman–Crippen MR) is 99.5 cm³/mol. The number of rotatable bonds is 3. The Morgan fingerprint density at radius 2 is 2.08 bits per heavy atom. The first kappa shape index (κ1) is 20.6. The van der Waals surface area contributed by atoms with E-state index in [9.17, 15) is 13.2 Å². The van der Waals surface area contributed by atoms with E-state index >= 15 is 0 Å². The number of amides is 1. The normalized spacial score (nSPS) is 21.8. The monoisotopic (exact) mass is 398 g/mol. The maximum atomic E-state index is 13.0. The molecule has 1 amide bonds. The number of nitrogens with zero attached hydrogens (tertiary/aromatic N) is 3. The zero-order valence-corrected chi connectivity index (χ0v) is 16.3. The summed E-state index contributed by atoms with van der Waals surface area (Å²) in [5.41, 5.74) is 1.12. The van der Waals surface area contributed by atoms with Crippen molar-refractivity contribution in [1.82, 2.24) is 14.5 Å². The number of carbonyl (C=O) groups excluding carboxylic acids is 1. The molecule has 1 aromatic rings. The number of hydrogen-bond donors (Lipinski definition) is 1. The van der Waals surface area contributed by atoms with Gasteiger partial charge in [0.2, 0.25) is 15.9 Å². The third-order valence-corrected chi connectivity index (χ3v) is 6.74. The van der Waals surface area contributed by atoms with Gasteiger partial charge in [0.15, 0.2) is 0 Å². The highest BCUT2D eigenvalue weighted by molar-refractivity contribution is 7.89. The molecule has 1 N–H and O–H groups in total. The number of carbonyl (C=O) groups is 1. The van der Waals surface area contributed by atoms with Crippen molar-refractivity contribution in [3.05, 3.63) is 29.3 Å². The summed E-state index contributed by atoms with van der Waals surface area (Å²) in [6.45, 7) is 4.19. The van der Waals surface area contributed by atoms with Crippen LogP contribution in [0.4, 0.5) is 0 Å². The second kappa shape index (κ2) is 8.35. The molecule has 1 unspecified atom stereocenters. The van der Waals surface area contributed by atoms with Gasteiger partial charge in [0.05, 0.1) is 23.1 Å². The Hall–Kier alpha value is -1.66. The number of aryl methyl sites for hydroxylation is 1. The molecule has 2 fully saturated rings. The van der Waals surface area contributed by atoms with Crippen LogP contribution in [0.2, 0.25) is 0 Å². The van der Waals surface area contributed by atoms with Gasteiger partial charge in [0.25, 0.3) is 0 Å². The van der Waals surface area contributed by atoms with Crippen molar-refractivity contribution in [2.24, 2.45) is 0 Å². The molecule has 26 heavy (non-hydrogen) atoms. The summed E-state index contributed by atoms with van der Waals surface area (Å²) < 4.78 is 27.4. The molecule has 1 atom stereocenters. The van der Waals surface area contributed by atoms with Gasteiger partial charge in [-0.25, -0.2) is 8.42 Å². The van der Waals surface area contributed by atoms with E-state index in [-0.39, 0.29) is 29.3 Å². The summed E-state index contributed by atoms with van der Waals surface area (Å²) in [6.07, 6.45) is 1.56. The number of nitrogens with one attached hydrogen (secondary N) is 1. The average molecular weight is 399 g/mol. The van der Waals surface area contributed by atoms with Crippen LogP contribution in [0.25, 0.3) is 0 Å². The Bertz CT molecular complexity index is 822. The number of hydrogen-bond acceptors (Lipinski definition) is 5. The highest BCUT2D eigenvalue weighted by Gasteiger charge is 2.35. The van der Waals surface area contributed by atoms with Crippen molar-refractivity contribution in [3.63, 3.8) is 0 Å². The van der Waals surface area contributed by atoms with E-state index in [4.69, 9.17) is 5.26 Å². The lowest BCUT2D eigenvalue weighted by atomic mass is 10.1. The van der Waals surface area contributed by atoms with Crippen LogP contribution in [-0.4, -0.2) is 62.3 Å². The lowest BCUT2D eigenvalue weighted by Crippen LogP contribution is -2.57. The molecule has 1 aromatic carbocycles. The first-order chi connectivity index (χ1) is 11.9. The Labute approximate surface area is 160 Å². The minimum Gasteiger partial charge on any atom is -0.336 e. The van der Waals surface area contributed by atoms with Crippen molar-refractivity contribution in [1.29, 1.82) is 5.26 Å². The van der Waals surface area contributed by atoms with Gasteiger partial charge in [0.1, 0.15) is 0 Å². The van der Waals surface area contributed by atoms with Crippen LogP contribution in [0.1, 0.15) is 24.0 Å². The molecule has 3 rings (SSSR count). The molecule has 2 saturated heterocycles. The van der Waals surface area contributed by atoms with Gasteiger partial charge in [0, 0.05) is 32.2 Å². The summed E-state index contributed by atoms with van der Waals surface area (Å²) in [6, 6.07) is 6.56.